The number of halogens is 2. The Hall–Kier alpha value is -1.12. The summed E-state index contributed by atoms with van der Waals surface area (Å²) in [4.78, 5) is 12.6. The number of hydrogen-bond acceptors (Lipinski definition) is 1. The fourth-order valence-corrected chi connectivity index (χ4v) is 2.66. The summed E-state index contributed by atoms with van der Waals surface area (Å²) in [6.07, 6.45) is 0. The van der Waals surface area contributed by atoms with E-state index >= 15 is 0 Å². The Morgan fingerprint density at radius 1 is 1.05 bits per heavy atom. The number of ketones is 1. The molecule has 1 nitrogen and oxygen atoms in total. The van der Waals surface area contributed by atoms with Crippen molar-refractivity contribution in [3.05, 3.63) is 67.6 Å². The molecule has 0 radical (unpaired) electrons. The molecule has 2 rings (SSSR count). The van der Waals surface area contributed by atoms with Gasteiger partial charge in [-0.05, 0) is 55.7 Å². The van der Waals surface area contributed by atoms with Crippen LogP contribution >= 0.6 is 27.5 Å². The number of benzene rings is 2. The Labute approximate surface area is 126 Å². The van der Waals surface area contributed by atoms with E-state index in [1.165, 1.54) is 0 Å². The van der Waals surface area contributed by atoms with Crippen LogP contribution in [0.3, 0.4) is 0 Å². The van der Waals surface area contributed by atoms with Gasteiger partial charge in [0.15, 0.2) is 5.78 Å². The standard InChI is InChI=1S/C16H14BrClO/c1-9-8-14(17)10(2)7-13(9)16(19)12-5-4-6-15(18)11(12)3/h4-8H,1-3H3. The molecule has 0 saturated carbocycles. The molecule has 2 aromatic carbocycles. The van der Waals surface area contributed by atoms with Crippen molar-refractivity contribution in [3.63, 3.8) is 0 Å². The Balaban J connectivity index is 2.56. The van der Waals surface area contributed by atoms with Crippen LogP contribution in [-0.2, 0) is 0 Å². The molecule has 0 unspecified atom stereocenters. The maximum Gasteiger partial charge on any atom is 0.193 e. The molecule has 0 N–H and O–H groups in total. The van der Waals surface area contributed by atoms with Crippen LogP contribution in [0.1, 0.15) is 32.6 Å². The van der Waals surface area contributed by atoms with Gasteiger partial charge >= 0.3 is 0 Å². The minimum atomic E-state index is 0.0214. The van der Waals surface area contributed by atoms with E-state index in [4.69, 9.17) is 11.6 Å². The predicted octanol–water partition coefficient (Wildman–Crippen LogP) is 5.26. The van der Waals surface area contributed by atoms with E-state index in [9.17, 15) is 4.79 Å². The van der Waals surface area contributed by atoms with Gasteiger partial charge in [0.25, 0.3) is 0 Å². The van der Waals surface area contributed by atoms with Gasteiger partial charge in [0.05, 0.1) is 0 Å². The molecule has 19 heavy (non-hydrogen) atoms. The fraction of sp³-hybridized carbons (Fsp3) is 0.188. The lowest BCUT2D eigenvalue weighted by Crippen LogP contribution is -2.06. The number of carbonyl (C=O) groups excluding carboxylic acids is 1. The molecule has 3 heteroatoms. The topological polar surface area (TPSA) is 17.1 Å². The highest BCUT2D eigenvalue weighted by Gasteiger charge is 2.16. The van der Waals surface area contributed by atoms with Gasteiger partial charge in [-0.15, -0.1) is 0 Å². The van der Waals surface area contributed by atoms with Gasteiger partial charge in [-0.25, -0.2) is 0 Å². The normalized spacial score (nSPS) is 10.6. The molecule has 0 aromatic heterocycles. The second kappa shape index (κ2) is 5.48. The monoisotopic (exact) mass is 336 g/mol. The largest absolute Gasteiger partial charge is 0.289 e. The first-order valence-corrected chi connectivity index (χ1v) is 7.15. The Kier molecular flexibility index (Phi) is 4.12. The summed E-state index contributed by atoms with van der Waals surface area (Å²) in [6, 6.07) is 9.32. The molecule has 2 aromatic rings. The Bertz CT molecular complexity index is 662. The van der Waals surface area contributed by atoms with Gasteiger partial charge < -0.3 is 0 Å². The summed E-state index contributed by atoms with van der Waals surface area (Å²) in [5, 5.41) is 0.623. The minimum absolute atomic E-state index is 0.0214. The van der Waals surface area contributed by atoms with Crippen molar-refractivity contribution in [2.75, 3.05) is 0 Å². The lowest BCUT2D eigenvalue weighted by molar-refractivity contribution is 0.103. The number of rotatable bonds is 2. The number of carbonyl (C=O) groups is 1. The maximum absolute atomic E-state index is 12.6. The molecule has 0 aliphatic carbocycles. The summed E-state index contributed by atoms with van der Waals surface area (Å²) in [5.41, 5.74) is 4.23. The molecule has 0 saturated heterocycles. The highest BCUT2D eigenvalue weighted by molar-refractivity contribution is 9.10. The van der Waals surface area contributed by atoms with Crippen molar-refractivity contribution >= 4 is 33.3 Å². The molecule has 0 heterocycles. The van der Waals surface area contributed by atoms with E-state index in [2.05, 4.69) is 15.9 Å². The van der Waals surface area contributed by atoms with Crippen LogP contribution < -0.4 is 0 Å². The average molecular weight is 338 g/mol. The van der Waals surface area contributed by atoms with Gasteiger partial charge in [0.2, 0.25) is 0 Å². The van der Waals surface area contributed by atoms with Gasteiger partial charge in [-0.2, -0.15) is 0 Å². The van der Waals surface area contributed by atoms with Crippen molar-refractivity contribution < 1.29 is 4.79 Å². The van der Waals surface area contributed by atoms with E-state index in [1.54, 1.807) is 6.07 Å². The van der Waals surface area contributed by atoms with Gasteiger partial charge in [0, 0.05) is 20.6 Å². The van der Waals surface area contributed by atoms with Gasteiger partial charge in [-0.1, -0.05) is 39.7 Å². The van der Waals surface area contributed by atoms with E-state index < -0.39 is 0 Å². The van der Waals surface area contributed by atoms with Gasteiger partial charge in [0.1, 0.15) is 0 Å². The van der Waals surface area contributed by atoms with Crippen molar-refractivity contribution in [3.8, 4) is 0 Å². The summed E-state index contributed by atoms with van der Waals surface area (Å²) in [7, 11) is 0. The van der Waals surface area contributed by atoms with E-state index in [0.717, 1.165) is 26.7 Å². The maximum atomic E-state index is 12.6. The lowest BCUT2D eigenvalue weighted by atomic mass is 9.95. The zero-order valence-corrected chi connectivity index (χ0v) is 13.4. The fourth-order valence-electron chi connectivity index (χ4n) is 2.02. The Morgan fingerprint density at radius 3 is 2.42 bits per heavy atom. The quantitative estimate of drug-likeness (QED) is 0.683. The van der Waals surface area contributed by atoms with Crippen molar-refractivity contribution in [1.82, 2.24) is 0 Å². The first-order valence-electron chi connectivity index (χ1n) is 5.98. The second-order valence-electron chi connectivity index (χ2n) is 4.66. The van der Waals surface area contributed by atoms with Crippen molar-refractivity contribution in [2.24, 2.45) is 0 Å². The third kappa shape index (κ3) is 2.75. The van der Waals surface area contributed by atoms with Crippen molar-refractivity contribution in [2.45, 2.75) is 20.8 Å². The minimum Gasteiger partial charge on any atom is -0.289 e. The molecule has 98 valence electrons. The SMILES string of the molecule is Cc1cc(C(=O)c2cccc(Cl)c2C)c(C)cc1Br. The van der Waals surface area contributed by atoms with Crippen LogP contribution in [0.25, 0.3) is 0 Å². The molecule has 0 spiro atoms. The summed E-state index contributed by atoms with van der Waals surface area (Å²) in [6.45, 7) is 5.79. The highest BCUT2D eigenvalue weighted by Crippen LogP contribution is 2.26. The zero-order chi connectivity index (χ0) is 14.2. The summed E-state index contributed by atoms with van der Waals surface area (Å²) < 4.78 is 1.02. The molecular formula is C16H14BrClO. The third-order valence-corrected chi connectivity index (χ3v) is 4.53. The van der Waals surface area contributed by atoms with Crippen LogP contribution in [0.2, 0.25) is 5.02 Å². The van der Waals surface area contributed by atoms with E-state index in [1.807, 2.05) is 45.0 Å². The number of hydrogen-bond donors (Lipinski definition) is 0. The van der Waals surface area contributed by atoms with Crippen LogP contribution in [0.15, 0.2) is 34.8 Å². The molecule has 0 fully saturated rings. The molecular weight excluding hydrogens is 324 g/mol. The second-order valence-corrected chi connectivity index (χ2v) is 5.92. The first-order chi connectivity index (χ1) is 8.91. The molecule has 0 aliphatic heterocycles. The van der Waals surface area contributed by atoms with Crippen LogP contribution in [-0.4, -0.2) is 5.78 Å². The molecule has 0 atom stereocenters. The van der Waals surface area contributed by atoms with Gasteiger partial charge in [-0.3, -0.25) is 4.79 Å². The predicted molar refractivity (Wildman–Crippen MR) is 83.2 cm³/mol. The smallest absolute Gasteiger partial charge is 0.193 e. The lowest BCUT2D eigenvalue weighted by Gasteiger charge is -2.10. The third-order valence-electron chi connectivity index (χ3n) is 3.26. The first kappa shape index (κ1) is 14.3. The van der Waals surface area contributed by atoms with Crippen LogP contribution in [0.5, 0.6) is 0 Å². The summed E-state index contributed by atoms with van der Waals surface area (Å²) >= 11 is 9.56. The van der Waals surface area contributed by atoms with Crippen molar-refractivity contribution in [1.29, 1.82) is 0 Å². The van der Waals surface area contributed by atoms with Crippen LogP contribution in [0, 0.1) is 20.8 Å². The zero-order valence-electron chi connectivity index (χ0n) is 11.1. The molecule has 0 aliphatic rings. The molecule has 0 bridgehead atoms. The number of aryl methyl sites for hydroxylation is 2. The van der Waals surface area contributed by atoms with E-state index in [-0.39, 0.29) is 5.78 Å². The van der Waals surface area contributed by atoms with Crippen LogP contribution in [0.4, 0.5) is 0 Å². The molecule has 0 amide bonds. The highest BCUT2D eigenvalue weighted by atomic mass is 79.9. The van der Waals surface area contributed by atoms with E-state index in [0.29, 0.717) is 10.6 Å². The summed E-state index contributed by atoms with van der Waals surface area (Å²) in [5.74, 6) is 0.0214. The average Bonchev–Trinajstić information content (AvgIpc) is 2.36. The Morgan fingerprint density at radius 2 is 1.74 bits per heavy atom.